The zero-order chi connectivity index (χ0) is 31.7. The van der Waals surface area contributed by atoms with Crippen LogP contribution in [0.4, 0.5) is 0 Å². The minimum Gasteiger partial charge on any atom is -0.492 e. The van der Waals surface area contributed by atoms with E-state index in [1.54, 1.807) is 5.56 Å². The highest BCUT2D eigenvalue weighted by Gasteiger charge is 2.28. The van der Waals surface area contributed by atoms with E-state index in [2.05, 4.69) is 79.7 Å². The van der Waals surface area contributed by atoms with Crippen molar-refractivity contribution in [3.8, 4) is 16.9 Å². The van der Waals surface area contributed by atoms with Crippen LogP contribution in [0.15, 0.2) is 24.3 Å². The third-order valence-corrected chi connectivity index (χ3v) is 12.7. The van der Waals surface area contributed by atoms with E-state index in [1.165, 1.54) is 123 Å². The smallest absolute Gasteiger partial charge is 0.125 e. The van der Waals surface area contributed by atoms with Crippen molar-refractivity contribution in [1.82, 2.24) is 0 Å². The molecule has 1 nitrogen and oxygen atoms in total. The molecule has 4 rings (SSSR count). The Morgan fingerprint density at radius 2 is 1.18 bits per heavy atom. The Labute approximate surface area is 273 Å². The zero-order valence-corrected chi connectivity index (χ0v) is 30.3. The first kappa shape index (κ1) is 35.1. The second-order valence-electron chi connectivity index (χ2n) is 15.0. The molecule has 0 aromatic heterocycles. The first-order valence-corrected chi connectivity index (χ1v) is 19.3. The third kappa shape index (κ3) is 8.14. The van der Waals surface area contributed by atoms with Gasteiger partial charge in [0.05, 0.1) is 6.61 Å². The van der Waals surface area contributed by atoms with Gasteiger partial charge in [-0.2, -0.15) is 0 Å². The highest BCUT2D eigenvalue weighted by Crippen LogP contribution is 2.43. The average molecular weight is 601 g/mol. The van der Waals surface area contributed by atoms with Crippen LogP contribution < -0.4 is 4.74 Å². The number of hydrogen-bond donors (Lipinski definition) is 0. The molecule has 0 amide bonds. The fraction of sp³-hybridized carbons (Fsp3) is 0.721. The molecule has 0 heterocycles. The second-order valence-corrected chi connectivity index (χ2v) is 15.0. The van der Waals surface area contributed by atoms with Crippen LogP contribution in [0.5, 0.6) is 5.75 Å². The monoisotopic (exact) mass is 601 g/mol. The minimum atomic E-state index is 0.277. The highest BCUT2D eigenvalue weighted by molar-refractivity contribution is 5.75. The Balaban J connectivity index is 1.52. The van der Waals surface area contributed by atoms with Crippen molar-refractivity contribution >= 4 is 0 Å². The topological polar surface area (TPSA) is 9.23 Å². The number of benzene rings is 2. The summed E-state index contributed by atoms with van der Waals surface area (Å²) in [7, 11) is 0. The summed E-state index contributed by atoms with van der Waals surface area (Å²) in [5.41, 5.74) is 10.7. The molecule has 0 radical (unpaired) electrons. The van der Waals surface area contributed by atoms with Gasteiger partial charge in [-0.1, -0.05) is 112 Å². The standard InChI is InChI=1S/C43H68O/c1-9-34-28-37(36-24-22-33(23-25-36)21-20-32-18-16-31(8)17-19-32)26-27-40(34)41-29-35(10-2)42(39(12-4)38(41)11-3)44-30-43(13-5,14-6)15-7/h26-29,31-33,36H,9-25,30H2,1-8H3. The van der Waals surface area contributed by atoms with Crippen LogP contribution in [0.2, 0.25) is 0 Å². The molecule has 0 atom stereocenters. The maximum Gasteiger partial charge on any atom is 0.125 e. The van der Waals surface area contributed by atoms with Crippen LogP contribution in [0, 0.1) is 23.2 Å². The highest BCUT2D eigenvalue weighted by atomic mass is 16.5. The first-order chi connectivity index (χ1) is 21.3. The summed E-state index contributed by atoms with van der Waals surface area (Å²) in [5.74, 6) is 4.91. The van der Waals surface area contributed by atoms with E-state index in [4.69, 9.17) is 4.74 Å². The maximum atomic E-state index is 6.84. The molecule has 2 aliphatic rings. The van der Waals surface area contributed by atoms with Crippen molar-refractivity contribution in [2.45, 2.75) is 170 Å². The molecule has 0 N–H and O–H groups in total. The molecule has 2 aromatic rings. The fourth-order valence-electron chi connectivity index (χ4n) is 8.86. The quantitative estimate of drug-likeness (QED) is 0.198. The van der Waals surface area contributed by atoms with Crippen molar-refractivity contribution in [2.75, 3.05) is 6.61 Å². The lowest BCUT2D eigenvalue weighted by Crippen LogP contribution is -2.27. The molecule has 2 saturated carbocycles. The molecular formula is C43H68O. The molecule has 2 aromatic carbocycles. The van der Waals surface area contributed by atoms with Crippen LogP contribution in [0.1, 0.15) is 173 Å². The van der Waals surface area contributed by atoms with Crippen LogP contribution in [-0.4, -0.2) is 6.61 Å². The van der Waals surface area contributed by atoms with E-state index in [0.717, 1.165) is 56.0 Å². The van der Waals surface area contributed by atoms with E-state index in [0.29, 0.717) is 0 Å². The molecule has 1 heteroatoms. The van der Waals surface area contributed by atoms with Crippen LogP contribution in [0.3, 0.4) is 0 Å². The van der Waals surface area contributed by atoms with Crippen LogP contribution in [-0.2, 0) is 25.7 Å². The number of hydrogen-bond acceptors (Lipinski definition) is 1. The number of rotatable bonds is 15. The third-order valence-electron chi connectivity index (χ3n) is 12.7. The molecule has 44 heavy (non-hydrogen) atoms. The summed E-state index contributed by atoms with van der Waals surface area (Å²) < 4.78 is 6.84. The lowest BCUT2D eigenvalue weighted by atomic mass is 9.74. The average Bonchev–Trinajstić information content (AvgIpc) is 3.08. The SMILES string of the molecule is CCc1cc(C2CCC(CCC3CCC(C)CC3)CC2)ccc1-c1cc(CC)c(OCC(CC)(CC)CC)c(CC)c1CC. The Kier molecular flexibility index (Phi) is 13.3. The predicted molar refractivity (Wildman–Crippen MR) is 193 cm³/mol. The molecule has 2 aliphatic carbocycles. The van der Waals surface area contributed by atoms with Crippen molar-refractivity contribution in [3.63, 3.8) is 0 Å². The van der Waals surface area contributed by atoms with Gasteiger partial charge in [-0.15, -0.1) is 0 Å². The molecule has 246 valence electrons. The van der Waals surface area contributed by atoms with Crippen LogP contribution in [0.25, 0.3) is 11.1 Å². The maximum absolute atomic E-state index is 6.84. The summed E-state index contributed by atoms with van der Waals surface area (Å²) in [5, 5.41) is 0. The van der Waals surface area contributed by atoms with Gasteiger partial charge in [-0.25, -0.2) is 0 Å². The molecule has 0 aliphatic heterocycles. The molecule has 0 saturated heterocycles. The van der Waals surface area contributed by atoms with E-state index in [-0.39, 0.29) is 5.41 Å². The minimum absolute atomic E-state index is 0.277. The molecule has 0 unspecified atom stereocenters. The van der Waals surface area contributed by atoms with Gasteiger partial charge in [0.25, 0.3) is 0 Å². The van der Waals surface area contributed by atoms with E-state index in [9.17, 15) is 0 Å². The van der Waals surface area contributed by atoms with Gasteiger partial charge in [0, 0.05) is 5.41 Å². The summed E-state index contributed by atoms with van der Waals surface area (Å²) in [6.07, 6.45) is 22.3. The number of ether oxygens (including phenoxy) is 1. The van der Waals surface area contributed by atoms with E-state index < -0.39 is 0 Å². The van der Waals surface area contributed by atoms with Gasteiger partial charge in [0.2, 0.25) is 0 Å². The summed E-state index contributed by atoms with van der Waals surface area (Å²) >= 11 is 0. The van der Waals surface area contributed by atoms with Crippen molar-refractivity contribution in [1.29, 1.82) is 0 Å². The van der Waals surface area contributed by atoms with Crippen molar-refractivity contribution < 1.29 is 4.74 Å². The lowest BCUT2D eigenvalue weighted by Gasteiger charge is -2.32. The van der Waals surface area contributed by atoms with Gasteiger partial charge in [-0.05, 0) is 139 Å². The fourth-order valence-corrected chi connectivity index (χ4v) is 8.86. The first-order valence-electron chi connectivity index (χ1n) is 19.3. The van der Waals surface area contributed by atoms with Crippen LogP contribution >= 0.6 is 0 Å². The summed E-state index contributed by atoms with van der Waals surface area (Å²) in [4.78, 5) is 0. The van der Waals surface area contributed by atoms with Crippen molar-refractivity contribution in [2.24, 2.45) is 23.2 Å². The summed E-state index contributed by atoms with van der Waals surface area (Å²) in [6.45, 7) is 19.6. The van der Waals surface area contributed by atoms with E-state index in [1.807, 2.05) is 0 Å². The van der Waals surface area contributed by atoms with Gasteiger partial charge in [0.1, 0.15) is 5.75 Å². The largest absolute Gasteiger partial charge is 0.492 e. The second kappa shape index (κ2) is 16.7. The Morgan fingerprint density at radius 1 is 0.614 bits per heavy atom. The van der Waals surface area contributed by atoms with E-state index >= 15 is 0 Å². The molecule has 0 spiro atoms. The van der Waals surface area contributed by atoms with Gasteiger partial charge in [0.15, 0.2) is 0 Å². The predicted octanol–water partition coefficient (Wildman–Crippen LogP) is 13.1. The molecular weight excluding hydrogens is 532 g/mol. The molecule has 0 bridgehead atoms. The Morgan fingerprint density at radius 3 is 1.70 bits per heavy atom. The van der Waals surface area contributed by atoms with Gasteiger partial charge in [-0.3, -0.25) is 0 Å². The van der Waals surface area contributed by atoms with Crippen molar-refractivity contribution in [3.05, 3.63) is 52.1 Å². The Hall–Kier alpha value is -1.76. The number of aryl methyl sites for hydroxylation is 2. The van der Waals surface area contributed by atoms with Gasteiger partial charge >= 0.3 is 0 Å². The van der Waals surface area contributed by atoms with Gasteiger partial charge < -0.3 is 4.74 Å². The normalized spacial score (nSPS) is 22.7. The zero-order valence-electron chi connectivity index (χ0n) is 30.3. The Bertz CT molecular complexity index is 1150. The molecule has 2 fully saturated rings. The lowest BCUT2D eigenvalue weighted by molar-refractivity contribution is 0.126. The summed E-state index contributed by atoms with van der Waals surface area (Å²) in [6, 6.07) is 10.1.